The first-order valence-corrected chi connectivity index (χ1v) is 10.6. The van der Waals surface area contributed by atoms with E-state index in [2.05, 4.69) is 4.90 Å². The van der Waals surface area contributed by atoms with Gasteiger partial charge in [0, 0.05) is 39.3 Å². The quantitative estimate of drug-likeness (QED) is 0.746. The molecule has 1 aromatic rings. The van der Waals surface area contributed by atoms with Gasteiger partial charge in [-0.15, -0.1) is 0 Å². The maximum Gasteiger partial charge on any atom is 0.304 e. The van der Waals surface area contributed by atoms with E-state index in [4.69, 9.17) is 4.74 Å². The predicted octanol–water partition coefficient (Wildman–Crippen LogP) is 0.613. The lowest BCUT2D eigenvalue weighted by Gasteiger charge is -2.40. The van der Waals surface area contributed by atoms with Gasteiger partial charge in [-0.05, 0) is 33.0 Å². The Morgan fingerprint density at radius 1 is 1.19 bits per heavy atom. The van der Waals surface area contributed by atoms with E-state index in [0.717, 1.165) is 13.1 Å². The maximum absolute atomic E-state index is 13.1. The number of piperazine rings is 1. The second kappa shape index (κ2) is 7.65. The fourth-order valence-electron chi connectivity index (χ4n) is 3.20. The fourth-order valence-corrected chi connectivity index (χ4v) is 4.77. The second-order valence-electron chi connectivity index (χ2n) is 7.35. The zero-order valence-corrected chi connectivity index (χ0v) is 17.1. The van der Waals surface area contributed by atoms with Gasteiger partial charge in [0.05, 0.1) is 12.2 Å². The van der Waals surface area contributed by atoms with Gasteiger partial charge in [-0.2, -0.15) is 12.7 Å². The Balaban J connectivity index is 1.89. The van der Waals surface area contributed by atoms with Crippen LogP contribution in [0.3, 0.4) is 0 Å². The Bertz CT molecular complexity index is 790. The van der Waals surface area contributed by atoms with Crippen LogP contribution in [0.5, 0.6) is 5.75 Å². The summed E-state index contributed by atoms with van der Waals surface area (Å²) in [4.78, 5) is 16.9. The van der Waals surface area contributed by atoms with E-state index in [1.54, 1.807) is 36.2 Å². The van der Waals surface area contributed by atoms with Crippen LogP contribution in [-0.2, 0) is 15.0 Å². The predicted molar refractivity (Wildman–Crippen MR) is 104 cm³/mol. The smallest absolute Gasteiger partial charge is 0.304 e. The molecule has 1 unspecified atom stereocenters. The molecule has 1 fully saturated rings. The molecule has 150 valence electrons. The summed E-state index contributed by atoms with van der Waals surface area (Å²) < 4.78 is 34.8. The Morgan fingerprint density at radius 2 is 1.81 bits per heavy atom. The molecule has 0 saturated carbocycles. The fraction of sp³-hybridized carbons (Fsp3) is 0.611. The van der Waals surface area contributed by atoms with Crippen molar-refractivity contribution >= 4 is 21.8 Å². The van der Waals surface area contributed by atoms with Gasteiger partial charge in [0.2, 0.25) is 0 Å². The highest BCUT2D eigenvalue weighted by molar-refractivity contribution is 7.90. The molecular weight excluding hydrogens is 368 g/mol. The maximum atomic E-state index is 13.1. The minimum atomic E-state index is -3.77. The SMILES string of the molecule is CC(C)N(C)S(=O)(=O)N1CC(C(=O)N2CCN(C)CC2)Oc2ccccc21. The van der Waals surface area contributed by atoms with Crippen molar-refractivity contribution in [3.05, 3.63) is 24.3 Å². The molecule has 2 aliphatic rings. The van der Waals surface area contributed by atoms with Gasteiger partial charge in [-0.1, -0.05) is 12.1 Å². The van der Waals surface area contributed by atoms with Crippen LogP contribution in [0, 0.1) is 0 Å². The van der Waals surface area contributed by atoms with E-state index >= 15 is 0 Å². The Morgan fingerprint density at radius 3 is 2.44 bits per heavy atom. The summed E-state index contributed by atoms with van der Waals surface area (Å²) in [5, 5.41) is 0. The van der Waals surface area contributed by atoms with E-state index in [9.17, 15) is 13.2 Å². The second-order valence-corrected chi connectivity index (χ2v) is 9.26. The topological polar surface area (TPSA) is 73.4 Å². The van der Waals surface area contributed by atoms with Gasteiger partial charge in [-0.25, -0.2) is 4.31 Å². The molecule has 2 heterocycles. The van der Waals surface area contributed by atoms with Crippen molar-refractivity contribution in [3.8, 4) is 5.75 Å². The van der Waals surface area contributed by atoms with Crippen LogP contribution < -0.4 is 9.04 Å². The molecule has 27 heavy (non-hydrogen) atoms. The van der Waals surface area contributed by atoms with Crippen molar-refractivity contribution in [2.75, 3.05) is 51.1 Å². The molecule has 0 aromatic heterocycles. The molecular formula is C18H28N4O4S. The number of nitrogens with zero attached hydrogens (tertiary/aromatic N) is 4. The summed E-state index contributed by atoms with van der Waals surface area (Å²) in [5.41, 5.74) is 0.465. The first kappa shape index (κ1) is 19.9. The third-order valence-electron chi connectivity index (χ3n) is 5.19. The number of anilines is 1. The standard InChI is InChI=1S/C18H28N4O4S/c1-14(2)20(4)27(24,25)22-13-17(26-16-8-6-5-7-15(16)22)18(23)21-11-9-19(3)10-12-21/h5-8,14,17H,9-13H2,1-4H3. The van der Waals surface area contributed by atoms with Gasteiger partial charge in [0.1, 0.15) is 5.75 Å². The summed E-state index contributed by atoms with van der Waals surface area (Å²) in [6.07, 6.45) is -0.848. The van der Waals surface area contributed by atoms with Crippen LogP contribution in [0.4, 0.5) is 5.69 Å². The Kier molecular flexibility index (Phi) is 5.64. The molecule has 1 aromatic carbocycles. The number of hydrogen-bond acceptors (Lipinski definition) is 5. The zero-order chi connectivity index (χ0) is 19.8. The number of carbonyl (C=O) groups is 1. The molecule has 1 saturated heterocycles. The third-order valence-corrected chi connectivity index (χ3v) is 7.25. The number of amides is 1. The van der Waals surface area contributed by atoms with Crippen molar-refractivity contribution in [2.24, 2.45) is 0 Å². The number of rotatable bonds is 4. The molecule has 0 aliphatic carbocycles. The average molecular weight is 397 g/mol. The lowest BCUT2D eigenvalue weighted by atomic mass is 10.2. The van der Waals surface area contributed by atoms with Crippen molar-refractivity contribution in [1.29, 1.82) is 0 Å². The molecule has 9 heteroatoms. The molecule has 2 aliphatic heterocycles. The van der Waals surface area contributed by atoms with Gasteiger partial charge in [0.15, 0.2) is 6.10 Å². The van der Waals surface area contributed by atoms with Gasteiger partial charge in [-0.3, -0.25) is 4.79 Å². The average Bonchev–Trinajstić information content (AvgIpc) is 2.66. The molecule has 0 spiro atoms. The largest absolute Gasteiger partial charge is 0.476 e. The van der Waals surface area contributed by atoms with Gasteiger partial charge >= 0.3 is 10.2 Å². The number of benzene rings is 1. The van der Waals surface area contributed by atoms with Crippen LogP contribution in [-0.4, -0.2) is 87.4 Å². The third kappa shape index (κ3) is 3.90. The minimum Gasteiger partial charge on any atom is -0.476 e. The molecule has 1 amide bonds. The first-order chi connectivity index (χ1) is 12.7. The van der Waals surface area contributed by atoms with Crippen molar-refractivity contribution in [2.45, 2.75) is 26.0 Å². The van der Waals surface area contributed by atoms with Crippen LogP contribution in [0.2, 0.25) is 0 Å². The summed E-state index contributed by atoms with van der Waals surface area (Å²) in [6.45, 7) is 6.44. The molecule has 8 nitrogen and oxygen atoms in total. The lowest BCUT2D eigenvalue weighted by Crippen LogP contribution is -2.57. The minimum absolute atomic E-state index is 0.0262. The van der Waals surface area contributed by atoms with Crippen LogP contribution in [0.25, 0.3) is 0 Å². The Labute approximate surface area is 161 Å². The van der Waals surface area contributed by atoms with Crippen molar-refractivity contribution in [3.63, 3.8) is 0 Å². The molecule has 0 N–H and O–H groups in total. The lowest BCUT2D eigenvalue weighted by molar-refractivity contribution is -0.140. The van der Waals surface area contributed by atoms with Crippen LogP contribution in [0.15, 0.2) is 24.3 Å². The van der Waals surface area contributed by atoms with E-state index in [1.807, 2.05) is 20.9 Å². The summed E-state index contributed by atoms with van der Waals surface area (Å²) in [5.74, 6) is 0.252. The molecule has 0 bridgehead atoms. The summed E-state index contributed by atoms with van der Waals surface area (Å²) in [7, 11) is -0.203. The highest BCUT2D eigenvalue weighted by atomic mass is 32.2. The molecule has 3 rings (SSSR count). The Hall–Kier alpha value is -1.84. The summed E-state index contributed by atoms with van der Waals surface area (Å²) >= 11 is 0. The highest BCUT2D eigenvalue weighted by Crippen LogP contribution is 2.36. The van der Waals surface area contributed by atoms with Gasteiger partial charge in [0.25, 0.3) is 5.91 Å². The monoisotopic (exact) mass is 396 g/mol. The molecule has 1 atom stereocenters. The number of fused-ring (bicyclic) bond motifs is 1. The highest BCUT2D eigenvalue weighted by Gasteiger charge is 2.40. The van der Waals surface area contributed by atoms with E-state index in [0.29, 0.717) is 24.5 Å². The van der Waals surface area contributed by atoms with E-state index in [-0.39, 0.29) is 18.5 Å². The number of hydrogen-bond donors (Lipinski definition) is 0. The van der Waals surface area contributed by atoms with E-state index < -0.39 is 16.3 Å². The summed E-state index contributed by atoms with van der Waals surface area (Å²) in [6, 6.07) is 6.76. The van der Waals surface area contributed by atoms with Crippen molar-refractivity contribution in [1.82, 2.24) is 14.1 Å². The zero-order valence-electron chi connectivity index (χ0n) is 16.3. The van der Waals surface area contributed by atoms with Crippen LogP contribution in [0.1, 0.15) is 13.8 Å². The number of ether oxygens (including phenoxy) is 1. The molecule has 0 radical (unpaired) electrons. The van der Waals surface area contributed by atoms with E-state index in [1.165, 1.54) is 8.61 Å². The van der Waals surface area contributed by atoms with Crippen LogP contribution >= 0.6 is 0 Å². The number of para-hydroxylation sites is 2. The normalized spacial score (nSPS) is 21.3. The number of carbonyl (C=O) groups excluding carboxylic acids is 1. The first-order valence-electron chi connectivity index (χ1n) is 9.20. The van der Waals surface area contributed by atoms with Crippen molar-refractivity contribution < 1.29 is 17.9 Å². The van der Waals surface area contributed by atoms with Gasteiger partial charge < -0.3 is 14.5 Å². The number of likely N-dealkylation sites (N-methyl/N-ethyl adjacent to an activating group) is 1.